The fourth-order valence-electron chi connectivity index (χ4n) is 3.64. The minimum absolute atomic E-state index is 0.123. The molecule has 1 N–H and O–H groups in total. The Hall–Kier alpha value is -2.70. The number of thioether (sulfide) groups is 1. The van der Waals surface area contributed by atoms with Crippen molar-refractivity contribution in [2.75, 3.05) is 11.1 Å². The molecule has 0 spiro atoms. The molecule has 3 aromatic rings. The Labute approximate surface area is 176 Å². The number of carbonyl (C=O) groups is 1. The molecule has 5 rings (SSSR count). The quantitative estimate of drug-likeness (QED) is 0.607. The molecule has 0 atom stereocenters. The van der Waals surface area contributed by atoms with Crippen molar-refractivity contribution in [1.82, 2.24) is 19.7 Å². The number of rotatable bonds is 6. The molecular weight excluding hydrogens is 404 g/mol. The van der Waals surface area contributed by atoms with E-state index in [1.807, 2.05) is 12.1 Å². The molecule has 0 saturated heterocycles. The highest BCUT2D eigenvalue weighted by Gasteiger charge is 2.30. The average molecular weight is 423 g/mol. The van der Waals surface area contributed by atoms with Crippen molar-refractivity contribution in [3.8, 4) is 17.5 Å². The molecule has 0 unspecified atom stereocenters. The van der Waals surface area contributed by atoms with E-state index in [2.05, 4.69) is 31.1 Å². The number of nitriles is 1. The highest BCUT2D eigenvalue weighted by Crippen LogP contribution is 2.41. The summed E-state index contributed by atoms with van der Waals surface area (Å²) >= 11 is 2.93. The first-order valence-electron chi connectivity index (χ1n) is 9.57. The van der Waals surface area contributed by atoms with Gasteiger partial charge >= 0.3 is 0 Å². The third kappa shape index (κ3) is 3.54. The lowest BCUT2D eigenvalue weighted by atomic mass is 10.1. The van der Waals surface area contributed by atoms with Crippen molar-refractivity contribution < 1.29 is 4.79 Å². The lowest BCUT2D eigenvalue weighted by Gasteiger charge is -2.09. The summed E-state index contributed by atoms with van der Waals surface area (Å²) in [7, 11) is 0. The van der Waals surface area contributed by atoms with Crippen LogP contribution in [0.15, 0.2) is 29.7 Å². The van der Waals surface area contributed by atoms with E-state index in [0.29, 0.717) is 16.6 Å². The van der Waals surface area contributed by atoms with Crippen molar-refractivity contribution in [1.29, 1.82) is 5.26 Å². The molecule has 2 aliphatic carbocycles. The number of thiophene rings is 1. The molecule has 1 saturated carbocycles. The van der Waals surface area contributed by atoms with E-state index >= 15 is 0 Å². The fraction of sp³-hybridized carbons (Fsp3) is 0.350. The van der Waals surface area contributed by atoms with Crippen LogP contribution in [0.2, 0.25) is 0 Å². The molecule has 7 nitrogen and oxygen atoms in total. The molecule has 3 heterocycles. The van der Waals surface area contributed by atoms with E-state index in [-0.39, 0.29) is 11.7 Å². The van der Waals surface area contributed by atoms with Gasteiger partial charge in [-0.25, -0.2) is 0 Å². The van der Waals surface area contributed by atoms with E-state index in [4.69, 9.17) is 0 Å². The molecule has 1 fully saturated rings. The molecule has 1 amide bonds. The predicted octanol–water partition coefficient (Wildman–Crippen LogP) is 3.83. The van der Waals surface area contributed by atoms with Gasteiger partial charge in [-0.15, -0.1) is 21.5 Å². The third-order valence-electron chi connectivity index (χ3n) is 5.13. The SMILES string of the molecule is N#Cc1c(NC(=O)CSc2nnc(-c3ccncc3)n2C2CC2)sc2c1CCC2. The molecular formula is C20H18N6OS2. The van der Waals surface area contributed by atoms with Crippen LogP contribution in [0.1, 0.15) is 41.3 Å². The van der Waals surface area contributed by atoms with Crippen LogP contribution in [0.5, 0.6) is 0 Å². The lowest BCUT2D eigenvalue weighted by Crippen LogP contribution is -2.14. The van der Waals surface area contributed by atoms with Crippen LogP contribution >= 0.6 is 23.1 Å². The van der Waals surface area contributed by atoms with E-state index in [1.54, 1.807) is 12.4 Å². The van der Waals surface area contributed by atoms with Crippen molar-refractivity contribution in [3.05, 3.63) is 40.5 Å². The van der Waals surface area contributed by atoms with Crippen LogP contribution in [0.4, 0.5) is 5.00 Å². The topological polar surface area (TPSA) is 96.5 Å². The molecule has 2 aliphatic rings. The largest absolute Gasteiger partial charge is 0.316 e. The van der Waals surface area contributed by atoms with Gasteiger partial charge in [-0.1, -0.05) is 11.8 Å². The molecule has 146 valence electrons. The Morgan fingerprint density at radius 3 is 2.90 bits per heavy atom. The molecule has 0 bridgehead atoms. The zero-order chi connectivity index (χ0) is 19.8. The van der Waals surface area contributed by atoms with Gasteiger partial charge in [0, 0.05) is 28.9 Å². The Balaban J connectivity index is 1.30. The average Bonchev–Trinajstić information content (AvgIpc) is 3.18. The van der Waals surface area contributed by atoms with Crippen LogP contribution in [-0.4, -0.2) is 31.4 Å². The molecule has 29 heavy (non-hydrogen) atoms. The number of hydrogen-bond acceptors (Lipinski definition) is 7. The summed E-state index contributed by atoms with van der Waals surface area (Å²) in [5, 5.41) is 22.5. The Morgan fingerprint density at radius 2 is 2.14 bits per heavy atom. The standard InChI is InChI=1S/C20H18N6OS2/c21-10-15-14-2-1-3-16(14)29-19(15)23-17(27)11-28-20-25-24-18(26(20)13-4-5-13)12-6-8-22-9-7-12/h6-9,13H,1-5,11H2,(H,23,27). The number of carbonyl (C=O) groups excluding carboxylic acids is 1. The van der Waals surface area contributed by atoms with Gasteiger partial charge in [-0.2, -0.15) is 5.26 Å². The van der Waals surface area contributed by atoms with Crippen molar-refractivity contribution in [2.45, 2.75) is 43.3 Å². The van der Waals surface area contributed by atoms with Gasteiger partial charge in [0.05, 0.1) is 11.3 Å². The maximum atomic E-state index is 12.6. The first-order chi connectivity index (χ1) is 14.2. The summed E-state index contributed by atoms with van der Waals surface area (Å²) in [5.74, 6) is 0.927. The number of aryl methyl sites for hydroxylation is 1. The van der Waals surface area contributed by atoms with Crippen LogP contribution < -0.4 is 5.32 Å². The van der Waals surface area contributed by atoms with Crippen molar-refractivity contribution in [3.63, 3.8) is 0 Å². The summed E-state index contributed by atoms with van der Waals surface area (Å²) in [4.78, 5) is 17.9. The normalized spacial score (nSPS) is 15.1. The summed E-state index contributed by atoms with van der Waals surface area (Å²) in [6, 6.07) is 6.50. The number of pyridine rings is 1. The van der Waals surface area contributed by atoms with E-state index in [9.17, 15) is 10.1 Å². The number of nitrogens with one attached hydrogen (secondary N) is 1. The van der Waals surface area contributed by atoms with E-state index in [1.165, 1.54) is 28.0 Å². The van der Waals surface area contributed by atoms with Gasteiger partial charge in [0.1, 0.15) is 11.1 Å². The molecule has 9 heteroatoms. The van der Waals surface area contributed by atoms with Crippen molar-refractivity contribution >= 4 is 34.0 Å². The smallest absolute Gasteiger partial charge is 0.235 e. The number of nitrogens with zero attached hydrogens (tertiary/aromatic N) is 5. The number of hydrogen-bond donors (Lipinski definition) is 1. The first-order valence-corrected chi connectivity index (χ1v) is 11.4. The van der Waals surface area contributed by atoms with Crippen molar-refractivity contribution in [2.24, 2.45) is 0 Å². The Kier molecular flexibility index (Phi) is 4.81. The fourth-order valence-corrected chi connectivity index (χ4v) is 5.70. The summed E-state index contributed by atoms with van der Waals surface area (Å²) in [6.45, 7) is 0. The minimum atomic E-state index is -0.123. The maximum Gasteiger partial charge on any atom is 0.235 e. The second-order valence-corrected chi connectivity index (χ2v) is 9.20. The molecule has 3 aromatic heterocycles. The minimum Gasteiger partial charge on any atom is -0.316 e. The highest BCUT2D eigenvalue weighted by molar-refractivity contribution is 7.99. The van der Waals surface area contributed by atoms with Crippen LogP contribution in [0.25, 0.3) is 11.4 Å². The van der Waals surface area contributed by atoms with Gasteiger partial charge in [-0.05, 0) is 49.8 Å². The third-order valence-corrected chi connectivity index (χ3v) is 7.28. The number of anilines is 1. The summed E-state index contributed by atoms with van der Waals surface area (Å²) < 4.78 is 2.13. The first kappa shape index (κ1) is 18.3. The van der Waals surface area contributed by atoms with Gasteiger partial charge in [0.25, 0.3) is 0 Å². The van der Waals surface area contributed by atoms with E-state index < -0.39 is 0 Å². The number of fused-ring (bicyclic) bond motifs is 1. The number of amides is 1. The molecule has 0 radical (unpaired) electrons. The zero-order valence-corrected chi connectivity index (χ0v) is 17.2. The second-order valence-electron chi connectivity index (χ2n) is 7.15. The van der Waals surface area contributed by atoms with Gasteiger partial charge in [0.2, 0.25) is 5.91 Å². The molecule has 0 aliphatic heterocycles. The van der Waals surface area contributed by atoms with Crippen LogP contribution in [0.3, 0.4) is 0 Å². The van der Waals surface area contributed by atoms with Gasteiger partial charge < -0.3 is 5.32 Å². The van der Waals surface area contributed by atoms with Gasteiger partial charge in [-0.3, -0.25) is 14.3 Å². The summed E-state index contributed by atoms with van der Waals surface area (Å²) in [6.07, 6.45) is 8.71. The number of aromatic nitrogens is 4. The monoisotopic (exact) mass is 422 g/mol. The van der Waals surface area contributed by atoms with Gasteiger partial charge in [0.15, 0.2) is 11.0 Å². The molecule has 0 aromatic carbocycles. The predicted molar refractivity (Wildman–Crippen MR) is 112 cm³/mol. The lowest BCUT2D eigenvalue weighted by molar-refractivity contribution is -0.113. The van der Waals surface area contributed by atoms with Crippen LogP contribution in [-0.2, 0) is 17.6 Å². The summed E-state index contributed by atoms with van der Waals surface area (Å²) in [5.41, 5.74) is 2.74. The van der Waals surface area contributed by atoms with E-state index in [0.717, 1.165) is 54.2 Å². The van der Waals surface area contributed by atoms with Crippen LogP contribution in [0, 0.1) is 11.3 Å². The second kappa shape index (κ2) is 7.61. The maximum absolute atomic E-state index is 12.6. The zero-order valence-electron chi connectivity index (χ0n) is 15.6. The Bertz CT molecular complexity index is 1110. The Morgan fingerprint density at radius 1 is 1.31 bits per heavy atom. The highest BCUT2D eigenvalue weighted by atomic mass is 32.2.